The number of nitrogens with zero attached hydrogens (tertiary/aromatic N) is 1. The Morgan fingerprint density at radius 2 is 2.11 bits per heavy atom. The number of amides is 1. The highest BCUT2D eigenvalue weighted by atomic mass is 16.3. The monoisotopic (exact) mass is 247 g/mol. The average molecular weight is 247 g/mol. The van der Waals surface area contributed by atoms with Crippen LogP contribution in [0.5, 0.6) is 0 Å². The Morgan fingerprint density at radius 1 is 1.33 bits per heavy atom. The van der Waals surface area contributed by atoms with Crippen LogP contribution in [0.15, 0.2) is 24.3 Å². The summed E-state index contributed by atoms with van der Waals surface area (Å²) < 4.78 is 0. The van der Waals surface area contributed by atoms with E-state index < -0.39 is 5.60 Å². The molecule has 1 aliphatic rings. The van der Waals surface area contributed by atoms with E-state index in [1.54, 1.807) is 0 Å². The van der Waals surface area contributed by atoms with Crippen molar-refractivity contribution in [1.82, 2.24) is 4.90 Å². The predicted octanol–water partition coefficient (Wildman–Crippen LogP) is 2.37. The number of aryl methyl sites for hydroxylation is 1. The molecule has 3 heteroatoms. The van der Waals surface area contributed by atoms with Gasteiger partial charge in [-0.3, -0.25) is 4.79 Å². The molecule has 18 heavy (non-hydrogen) atoms. The van der Waals surface area contributed by atoms with E-state index in [0.717, 1.165) is 30.5 Å². The number of likely N-dealkylation sites (tertiary alicyclic amines) is 1. The van der Waals surface area contributed by atoms with Crippen LogP contribution in [0.25, 0.3) is 0 Å². The molecule has 1 aromatic rings. The molecule has 0 aliphatic carbocycles. The number of carbonyl (C=O) groups excluding carboxylic acids is 1. The molecule has 0 aromatic heterocycles. The van der Waals surface area contributed by atoms with Gasteiger partial charge in [0.2, 0.25) is 0 Å². The van der Waals surface area contributed by atoms with E-state index in [0.29, 0.717) is 13.0 Å². The molecule has 1 fully saturated rings. The third kappa shape index (κ3) is 3.10. The maximum atomic E-state index is 12.4. The molecule has 0 radical (unpaired) electrons. The SMILES string of the molecule is Cc1cccc(C(=O)N2CCCC(C)(O)CC2)c1. The van der Waals surface area contributed by atoms with Crippen molar-refractivity contribution in [2.75, 3.05) is 13.1 Å². The summed E-state index contributed by atoms with van der Waals surface area (Å²) in [6.07, 6.45) is 2.29. The summed E-state index contributed by atoms with van der Waals surface area (Å²) in [5.74, 6) is 0.0800. The molecular formula is C15H21NO2. The van der Waals surface area contributed by atoms with Gasteiger partial charge in [-0.05, 0) is 45.2 Å². The molecule has 3 nitrogen and oxygen atoms in total. The minimum absolute atomic E-state index is 0.0800. The Bertz CT molecular complexity index is 440. The minimum atomic E-state index is -0.623. The zero-order chi connectivity index (χ0) is 13.2. The molecule has 0 spiro atoms. The fourth-order valence-corrected chi connectivity index (χ4v) is 2.43. The first-order chi connectivity index (χ1) is 8.48. The van der Waals surface area contributed by atoms with Gasteiger partial charge in [0.1, 0.15) is 0 Å². The molecule has 1 N–H and O–H groups in total. The zero-order valence-corrected chi connectivity index (χ0v) is 11.1. The van der Waals surface area contributed by atoms with Crippen molar-refractivity contribution < 1.29 is 9.90 Å². The van der Waals surface area contributed by atoms with Gasteiger partial charge < -0.3 is 10.0 Å². The second-order valence-electron chi connectivity index (χ2n) is 5.51. The van der Waals surface area contributed by atoms with Crippen LogP contribution in [0.3, 0.4) is 0 Å². The lowest BCUT2D eigenvalue weighted by atomic mass is 9.98. The average Bonchev–Trinajstić information content (AvgIpc) is 2.49. The van der Waals surface area contributed by atoms with Gasteiger partial charge in [-0.2, -0.15) is 0 Å². The predicted molar refractivity (Wildman–Crippen MR) is 71.6 cm³/mol. The third-order valence-corrected chi connectivity index (χ3v) is 3.62. The zero-order valence-electron chi connectivity index (χ0n) is 11.1. The van der Waals surface area contributed by atoms with Crippen molar-refractivity contribution in [2.24, 2.45) is 0 Å². The van der Waals surface area contributed by atoms with Gasteiger partial charge in [-0.25, -0.2) is 0 Å². The molecule has 1 unspecified atom stereocenters. The highest BCUT2D eigenvalue weighted by Gasteiger charge is 2.27. The van der Waals surface area contributed by atoms with Gasteiger partial charge in [0.05, 0.1) is 5.60 Å². The Labute approximate surface area is 108 Å². The van der Waals surface area contributed by atoms with Gasteiger partial charge in [0.25, 0.3) is 5.91 Å². The van der Waals surface area contributed by atoms with Crippen LogP contribution in [0, 0.1) is 6.92 Å². The van der Waals surface area contributed by atoms with Gasteiger partial charge in [0.15, 0.2) is 0 Å². The molecule has 1 aromatic carbocycles. The first-order valence-corrected chi connectivity index (χ1v) is 6.56. The van der Waals surface area contributed by atoms with Crippen LogP contribution in [0.4, 0.5) is 0 Å². The van der Waals surface area contributed by atoms with Crippen molar-refractivity contribution >= 4 is 5.91 Å². The quantitative estimate of drug-likeness (QED) is 0.827. The molecule has 0 bridgehead atoms. The van der Waals surface area contributed by atoms with Crippen molar-refractivity contribution in [3.05, 3.63) is 35.4 Å². The van der Waals surface area contributed by atoms with E-state index in [-0.39, 0.29) is 5.91 Å². The van der Waals surface area contributed by atoms with E-state index in [1.807, 2.05) is 43.0 Å². The van der Waals surface area contributed by atoms with E-state index in [4.69, 9.17) is 0 Å². The van der Waals surface area contributed by atoms with Crippen molar-refractivity contribution in [1.29, 1.82) is 0 Å². The number of aliphatic hydroxyl groups is 1. The summed E-state index contributed by atoms with van der Waals surface area (Å²) in [6, 6.07) is 7.68. The summed E-state index contributed by atoms with van der Waals surface area (Å²) in [5.41, 5.74) is 1.22. The van der Waals surface area contributed by atoms with E-state index >= 15 is 0 Å². The lowest BCUT2D eigenvalue weighted by Gasteiger charge is -2.22. The number of hydrogen-bond donors (Lipinski definition) is 1. The standard InChI is InChI=1S/C15H21NO2/c1-12-5-3-6-13(11-12)14(17)16-9-4-7-15(2,18)8-10-16/h3,5-6,11,18H,4,7-10H2,1-2H3. The fourth-order valence-electron chi connectivity index (χ4n) is 2.43. The Morgan fingerprint density at radius 3 is 2.83 bits per heavy atom. The van der Waals surface area contributed by atoms with Gasteiger partial charge in [-0.1, -0.05) is 17.7 Å². The lowest BCUT2D eigenvalue weighted by molar-refractivity contribution is 0.0438. The molecule has 1 atom stereocenters. The molecule has 1 aliphatic heterocycles. The molecule has 98 valence electrons. The molecular weight excluding hydrogens is 226 g/mol. The number of benzene rings is 1. The smallest absolute Gasteiger partial charge is 0.253 e. The summed E-state index contributed by atoms with van der Waals surface area (Å²) in [4.78, 5) is 14.2. The van der Waals surface area contributed by atoms with Crippen LogP contribution in [-0.2, 0) is 0 Å². The largest absolute Gasteiger partial charge is 0.390 e. The first-order valence-electron chi connectivity index (χ1n) is 6.56. The van der Waals surface area contributed by atoms with Crippen LogP contribution in [-0.4, -0.2) is 34.6 Å². The lowest BCUT2D eigenvalue weighted by Crippen LogP contribution is -2.33. The maximum absolute atomic E-state index is 12.4. The number of hydrogen-bond acceptors (Lipinski definition) is 2. The van der Waals surface area contributed by atoms with E-state index in [9.17, 15) is 9.90 Å². The second kappa shape index (κ2) is 5.11. The topological polar surface area (TPSA) is 40.5 Å². The fraction of sp³-hybridized carbons (Fsp3) is 0.533. The summed E-state index contributed by atoms with van der Waals surface area (Å²) in [6.45, 7) is 5.22. The third-order valence-electron chi connectivity index (χ3n) is 3.62. The van der Waals surface area contributed by atoms with Crippen LogP contribution in [0.2, 0.25) is 0 Å². The molecule has 1 heterocycles. The summed E-state index contributed by atoms with van der Waals surface area (Å²) in [7, 11) is 0. The van der Waals surface area contributed by atoms with Crippen molar-refractivity contribution in [3.8, 4) is 0 Å². The van der Waals surface area contributed by atoms with Crippen molar-refractivity contribution in [3.63, 3.8) is 0 Å². The van der Waals surface area contributed by atoms with E-state index in [1.165, 1.54) is 0 Å². The summed E-state index contributed by atoms with van der Waals surface area (Å²) in [5, 5.41) is 10.0. The number of carbonyl (C=O) groups is 1. The van der Waals surface area contributed by atoms with Crippen LogP contribution in [0.1, 0.15) is 42.1 Å². The molecule has 0 saturated carbocycles. The normalized spacial score (nSPS) is 24.7. The molecule has 2 rings (SSSR count). The van der Waals surface area contributed by atoms with Crippen LogP contribution >= 0.6 is 0 Å². The highest BCUT2D eigenvalue weighted by molar-refractivity contribution is 5.94. The van der Waals surface area contributed by atoms with Gasteiger partial charge in [0, 0.05) is 18.7 Å². The Balaban J connectivity index is 2.10. The minimum Gasteiger partial charge on any atom is -0.390 e. The van der Waals surface area contributed by atoms with Crippen LogP contribution < -0.4 is 0 Å². The Hall–Kier alpha value is -1.35. The van der Waals surface area contributed by atoms with Gasteiger partial charge in [-0.15, -0.1) is 0 Å². The Kier molecular flexibility index (Phi) is 3.71. The van der Waals surface area contributed by atoms with Crippen molar-refractivity contribution in [2.45, 2.75) is 38.7 Å². The highest BCUT2D eigenvalue weighted by Crippen LogP contribution is 2.22. The first kappa shape index (κ1) is 13.1. The maximum Gasteiger partial charge on any atom is 0.253 e. The molecule has 1 amide bonds. The van der Waals surface area contributed by atoms with Gasteiger partial charge >= 0.3 is 0 Å². The molecule has 1 saturated heterocycles. The number of rotatable bonds is 1. The summed E-state index contributed by atoms with van der Waals surface area (Å²) >= 11 is 0. The van der Waals surface area contributed by atoms with E-state index in [2.05, 4.69) is 0 Å². The second-order valence-corrected chi connectivity index (χ2v) is 5.51.